The number of halogens is 2. The second-order valence-corrected chi connectivity index (χ2v) is 5.05. The van der Waals surface area contributed by atoms with Crippen LogP contribution in [0.25, 0.3) is 11.0 Å². The quantitative estimate of drug-likeness (QED) is 0.849. The number of fused-ring (bicyclic) bond motifs is 1. The van der Waals surface area contributed by atoms with Crippen molar-refractivity contribution in [1.29, 1.82) is 0 Å². The molecule has 0 bridgehead atoms. The Hall–Kier alpha value is -1.02. The molecular formula is C10H12BrFN4OS. The lowest BCUT2D eigenvalue weighted by Gasteiger charge is -2.05. The van der Waals surface area contributed by atoms with Gasteiger partial charge in [0.05, 0.1) is 11.1 Å². The van der Waals surface area contributed by atoms with Crippen molar-refractivity contribution in [2.24, 2.45) is 0 Å². The van der Waals surface area contributed by atoms with Crippen molar-refractivity contribution < 1.29 is 8.62 Å². The van der Waals surface area contributed by atoms with E-state index < -0.39 is 0 Å². The van der Waals surface area contributed by atoms with Crippen LogP contribution in [-0.2, 0) is 0 Å². The van der Waals surface area contributed by atoms with E-state index in [1.54, 1.807) is 6.20 Å². The molecule has 0 fully saturated rings. The third-order valence-electron chi connectivity index (χ3n) is 2.37. The van der Waals surface area contributed by atoms with Gasteiger partial charge < -0.3 is 10.5 Å². The summed E-state index contributed by atoms with van der Waals surface area (Å²) in [5, 5.41) is 0. The lowest BCUT2D eigenvalue weighted by Crippen LogP contribution is -2.04. The van der Waals surface area contributed by atoms with Crippen molar-refractivity contribution in [3.8, 4) is 6.01 Å². The van der Waals surface area contributed by atoms with Gasteiger partial charge in [-0.1, -0.05) is 13.3 Å². The molecule has 2 rings (SSSR count). The minimum Gasteiger partial charge on any atom is -0.463 e. The number of ether oxygens (including phenoxy) is 1. The van der Waals surface area contributed by atoms with Gasteiger partial charge in [0.2, 0.25) is 0 Å². The fraction of sp³-hybridized carbons (Fsp3) is 0.400. The molecule has 0 saturated carbocycles. The maximum absolute atomic E-state index is 12.7. The number of aromatic nitrogens is 3. The van der Waals surface area contributed by atoms with E-state index in [1.807, 2.05) is 0 Å². The van der Waals surface area contributed by atoms with Gasteiger partial charge in [-0.15, -0.1) is 3.89 Å². The molecule has 18 heavy (non-hydrogen) atoms. The van der Waals surface area contributed by atoms with Crippen LogP contribution in [-0.4, -0.2) is 20.5 Å². The Kier molecular flexibility index (Phi) is 4.28. The van der Waals surface area contributed by atoms with Gasteiger partial charge in [-0.2, -0.15) is 9.97 Å². The predicted molar refractivity (Wildman–Crippen MR) is 74.1 cm³/mol. The van der Waals surface area contributed by atoms with E-state index in [0.29, 0.717) is 22.1 Å². The molecule has 0 unspecified atom stereocenters. The van der Waals surface area contributed by atoms with Crippen molar-refractivity contribution in [1.82, 2.24) is 13.9 Å². The Morgan fingerprint density at radius 1 is 1.56 bits per heavy atom. The highest BCUT2D eigenvalue weighted by Crippen LogP contribution is 2.32. The van der Waals surface area contributed by atoms with Crippen LogP contribution in [0.5, 0.6) is 6.01 Å². The molecule has 0 aromatic carbocycles. The third kappa shape index (κ3) is 2.54. The summed E-state index contributed by atoms with van der Waals surface area (Å²) >= 11 is 3.35. The van der Waals surface area contributed by atoms with Crippen LogP contribution in [0.3, 0.4) is 0 Å². The summed E-state index contributed by atoms with van der Waals surface area (Å²) in [6.07, 6.45) is 3.50. The first-order chi connectivity index (χ1) is 8.67. The Labute approximate surface area is 116 Å². The van der Waals surface area contributed by atoms with Crippen LogP contribution in [0.15, 0.2) is 10.7 Å². The Morgan fingerprint density at radius 3 is 3.00 bits per heavy atom. The Bertz CT molecular complexity index is 562. The summed E-state index contributed by atoms with van der Waals surface area (Å²) in [5.74, 6) is 0.197. The lowest BCUT2D eigenvalue weighted by atomic mass is 10.4. The number of nitrogens with zero attached hydrogens (tertiary/aromatic N) is 3. The lowest BCUT2D eigenvalue weighted by molar-refractivity contribution is 0.287. The van der Waals surface area contributed by atoms with Crippen LogP contribution in [0, 0.1) is 0 Å². The van der Waals surface area contributed by atoms with Crippen LogP contribution in [0.4, 0.5) is 9.70 Å². The number of rotatable bonds is 5. The fourth-order valence-electron chi connectivity index (χ4n) is 1.49. The average molecular weight is 335 g/mol. The number of nitrogen functional groups attached to an aromatic ring is 1. The molecule has 8 heteroatoms. The van der Waals surface area contributed by atoms with Gasteiger partial charge in [0.25, 0.3) is 0 Å². The third-order valence-corrected chi connectivity index (χ3v) is 3.39. The standard InChI is InChI=1S/C10H12BrFN4OS/c1-2-3-4-17-10-14-7-6(11)5-16(18-12)8(7)9(13)15-10/h5H,2-4H2,1H3,(H2,13,14,15). The first-order valence-electron chi connectivity index (χ1n) is 5.43. The molecule has 98 valence electrons. The molecule has 0 aliphatic carbocycles. The van der Waals surface area contributed by atoms with Crippen molar-refractivity contribution in [2.75, 3.05) is 12.3 Å². The van der Waals surface area contributed by atoms with Gasteiger partial charge in [0.15, 0.2) is 18.2 Å². The maximum atomic E-state index is 12.7. The molecule has 5 nitrogen and oxygen atoms in total. The summed E-state index contributed by atoms with van der Waals surface area (Å²) < 4.78 is 20.0. The SMILES string of the molecule is CCCCOc1nc(N)c2c(n1)c(Br)cn2SF. The van der Waals surface area contributed by atoms with Crippen molar-refractivity contribution >= 4 is 45.1 Å². The van der Waals surface area contributed by atoms with E-state index in [9.17, 15) is 3.89 Å². The molecular weight excluding hydrogens is 323 g/mol. The minimum atomic E-state index is 0.0465. The van der Waals surface area contributed by atoms with Crippen molar-refractivity contribution in [3.63, 3.8) is 0 Å². The largest absolute Gasteiger partial charge is 0.463 e. The zero-order valence-corrected chi connectivity index (χ0v) is 12.1. The first kappa shape index (κ1) is 13.4. The summed E-state index contributed by atoms with van der Waals surface area (Å²) in [5.41, 5.74) is 6.78. The van der Waals surface area contributed by atoms with Gasteiger partial charge in [-0.3, -0.25) is 3.97 Å². The van der Waals surface area contributed by atoms with Crippen molar-refractivity contribution in [3.05, 3.63) is 10.7 Å². The molecule has 2 heterocycles. The molecule has 2 N–H and O–H groups in total. The van der Waals surface area contributed by atoms with E-state index >= 15 is 0 Å². The van der Waals surface area contributed by atoms with Crippen LogP contribution >= 0.6 is 28.3 Å². The van der Waals surface area contributed by atoms with Gasteiger partial charge in [0.1, 0.15) is 11.0 Å². The van der Waals surface area contributed by atoms with E-state index in [-0.39, 0.29) is 24.2 Å². The number of hydrogen-bond donors (Lipinski definition) is 1. The fourth-order valence-corrected chi connectivity index (χ4v) is 2.50. The smallest absolute Gasteiger partial charge is 0.319 e. The zero-order valence-electron chi connectivity index (χ0n) is 9.69. The van der Waals surface area contributed by atoms with E-state index in [4.69, 9.17) is 10.5 Å². The van der Waals surface area contributed by atoms with E-state index in [1.165, 1.54) is 3.97 Å². The second kappa shape index (κ2) is 5.75. The highest BCUT2D eigenvalue weighted by Gasteiger charge is 2.15. The summed E-state index contributed by atoms with van der Waals surface area (Å²) in [7, 11) is 0. The molecule has 0 saturated heterocycles. The molecule has 0 radical (unpaired) electrons. The average Bonchev–Trinajstić information content (AvgIpc) is 2.67. The minimum absolute atomic E-state index is 0.0465. The molecule has 0 amide bonds. The summed E-state index contributed by atoms with van der Waals surface area (Å²) in [6, 6.07) is 0.218. The molecule has 0 spiro atoms. The molecule has 0 atom stereocenters. The molecule has 0 aliphatic rings. The normalized spacial score (nSPS) is 11.1. The van der Waals surface area contributed by atoms with Gasteiger partial charge >= 0.3 is 6.01 Å². The van der Waals surface area contributed by atoms with Gasteiger partial charge in [-0.05, 0) is 22.4 Å². The molecule has 0 aliphatic heterocycles. The zero-order chi connectivity index (χ0) is 13.1. The topological polar surface area (TPSA) is 66.0 Å². The monoisotopic (exact) mass is 334 g/mol. The summed E-state index contributed by atoms with van der Waals surface area (Å²) in [4.78, 5) is 8.23. The van der Waals surface area contributed by atoms with Crippen LogP contribution in [0.1, 0.15) is 19.8 Å². The Morgan fingerprint density at radius 2 is 2.33 bits per heavy atom. The second-order valence-electron chi connectivity index (χ2n) is 3.66. The van der Waals surface area contributed by atoms with Gasteiger partial charge in [-0.25, -0.2) is 0 Å². The number of unbranched alkanes of at least 4 members (excludes halogenated alkanes) is 1. The van der Waals surface area contributed by atoms with E-state index in [0.717, 1.165) is 12.8 Å². The summed E-state index contributed by atoms with van der Waals surface area (Å²) in [6.45, 7) is 2.61. The Balaban J connectivity index is 2.39. The first-order valence-corrected chi connectivity index (χ1v) is 6.90. The van der Waals surface area contributed by atoms with Crippen LogP contribution < -0.4 is 10.5 Å². The number of hydrogen-bond acceptors (Lipinski definition) is 5. The van der Waals surface area contributed by atoms with Crippen molar-refractivity contribution in [2.45, 2.75) is 19.8 Å². The maximum Gasteiger partial charge on any atom is 0.319 e. The highest BCUT2D eigenvalue weighted by molar-refractivity contribution is 9.10. The predicted octanol–water partition coefficient (Wildman–Crippen LogP) is 3.34. The molecule has 2 aromatic heterocycles. The number of anilines is 1. The number of nitrogens with two attached hydrogens (primary N) is 1. The highest BCUT2D eigenvalue weighted by atomic mass is 79.9. The van der Waals surface area contributed by atoms with E-state index in [2.05, 4.69) is 32.8 Å². The van der Waals surface area contributed by atoms with Gasteiger partial charge in [0, 0.05) is 6.20 Å². The molecule has 2 aromatic rings. The van der Waals surface area contributed by atoms with Crippen LogP contribution in [0.2, 0.25) is 0 Å².